The number of hydrogen-bond acceptors (Lipinski definition) is 5. The van der Waals surface area contributed by atoms with Crippen molar-refractivity contribution >= 4 is 5.91 Å². The average molecular weight is 387 g/mol. The van der Waals surface area contributed by atoms with Crippen LogP contribution >= 0.6 is 0 Å². The average Bonchev–Trinajstić information content (AvgIpc) is 3.11. The Morgan fingerprint density at radius 2 is 2.21 bits per heavy atom. The maximum absolute atomic E-state index is 13.5. The molecule has 0 saturated heterocycles. The van der Waals surface area contributed by atoms with Gasteiger partial charge in [0.2, 0.25) is 0 Å². The van der Waals surface area contributed by atoms with Gasteiger partial charge in [0.15, 0.2) is 5.69 Å². The van der Waals surface area contributed by atoms with Crippen LogP contribution in [-0.2, 0) is 42.5 Å². The number of hydrogen-bond donors (Lipinski definition) is 0. The van der Waals surface area contributed by atoms with Gasteiger partial charge >= 0.3 is 0 Å². The fraction of sp³-hybridized carbons (Fsp3) is 0.650. The summed E-state index contributed by atoms with van der Waals surface area (Å²) in [5.41, 5.74) is 4.96. The minimum absolute atomic E-state index is 0.00502. The fourth-order valence-electron chi connectivity index (χ4n) is 4.44. The van der Waals surface area contributed by atoms with Gasteiger partial charge < -0.3 is 14.4 Å². The first-order chi connectivity index (χ1) is 13.5. The molecule has 8 nitrogen and oxygen atoms in total. The summed E-state index contributed by atoms with van der Waals surface area (Å²) >= 11 is 0. The molecule has 0 N–H and O–H groups in total. The number of rotatable bonds is 4. The predicted molar refractivity (Wildman–Crippen MR) is 103 cm³/mol. The van der Waals surface area contributed by atoms with Crippen LogP contribution in [0.25, 0.3) is 0 Å². The smallest absolute Gasteiger partial charge is 0.274 e. The number of ether oxygens (including phenoxy) is 2. The summed E-state index contributed by atoms with van der Waals surface area (Å²) in [4.78, 5) is 15.4. The van der Waals surface area contributed by atoms with Gasteiger partial charge in [0.1, 0.15) is 0 Å². The molecule has 0 fully saturated rings. The summed E-state index contributed by atoms with van der Waals surface area (Å²) in [7, 11) is 3.64. The lowest BCUT2D eigenvalue weighted by atomic mass is 9.99. The van der Waals surface area contributed by atoms with E-state index >= 15 is 0 Å². The Morgan fingerprint density at radius 1 is 1.39 bits per heavy atom. The second-order valence-corrected chi connectivity index (χ2v) is 7.79. The number of nitrogens with zero attached hydrogens (tertiary/aromatic N) is 5. The van der Waals surface area contributed by atoms with Gasteiger partial charge in [-0.2, -0.15) is 10.2 Å². The normalized spacial score (nSPS) is 21.9. The number of carbonyl (C=O) groups is 1. The molecule has 2 aromatic rings. The standard InChI is InChI=1S/C20H29N5O3/c1-13-10-16-18(22-25(8-9-27-4)19(16)14(2)28-13)20(26)24-7-5-6-17-15(12-24)11-21-23(17)3/h11,13-14H,5-10,12H2,1-4H3/t13-,14+/m1/s1. The highest BCUT2D eigenvalue weighted by Crippen LogP contribution is 2.33. The lowest BCUT2D eigenvalue weighted by Gasteiger charge is -2.27. The Morgan fingerprint density at radius 3 is 3.00 bits per heavy atom. The van der Waals surface area contributed by atoms with Crippen molar-refractivity contribution in [3.05, 3.63) is 34.4 Å². The van der Waals surface area contributed by atoms with Gasteiger partial charge in [-0.3, -0.25) is 14.2 Å². The van der Waals surface area contributed by atoms with Crippen molar-refractivity contribution in [3.8, 4) is 0 Å². The van der Waals surface area contributed by atoms with E-state index in [9.17, 15) is 4.79 Å². The number of methoxy groups -OCH3 is 1. The molecule has 0 aliphatic carbocycles. The van der Waals surface area contributed by atoms with Gasteiger partial charge in [-0.05, 0) is 26.7 Å². The minimum atomic E-state index is -0.0845. The van der Waals surface area contributed by atoms with Crippen molar-refractivity contribution in [1.29, 1.82) is 0 Å². The van der Waals surface area contributed by atoms with E-state index in [0.29, 0.717) is 31.8 Å². The molecule has 4 rings (SSSR count). The van der Waals surface area contributed by atoms with Gasteiger partial charge in [0.05, 0.1) is 37.3 Å². The van der Waals surface area contributed by atoms with E-state index in [1.807, 2.05) is 41.4 Å². The Bertz CT molecular complexity index is 872. The Labute approximate surface area is 165 Å². The Balaban J connectivity index is 1.67. The SMILES string of the molecule is COCCn1nc(C(=O)N2CCCc3c(cnn3C)C2)c2c1[C@H](C)O[C@H](C)C2. The molecule has 4 heterocycles. The summed E-state index contributed by atoms with van der Waals surface area (Å²) in [6, 6.07) is 0. The van der Waals surface area contributed by atoms with E-state index in [1.165, 1.54) is 5.69 Å². The first kappa shape index (κ1) is 19.1. The summed E-state index contributed by atoms with van der Waals surface area (Å²) in [6.45, 7) is 6.56. The molecule has 0 aromatic carbocycles. The molecular formula is C20H29N5O3. The van der Waals surface area contributed by atoms with Crippen LogP contribution in [0.2, 0.25) is 0 Å². The van der Waals surface area contributed by atoms with Crippen molar-refractivity contribution in [1.82, 2.24) is 24.5 Å². The van der Waals surface area contributed by atoms with Gasteiger partial charge in [0.25, 0.3) is 5.91 Å². The molecule has 2 atom stereocenters. The molecule has 2 aliphatic rings. The summed E-state index contributed by atoms with van der Waals surface area (Å²) in [5.74, 6) is 0.00502. The van der Waals surface area contributed by atoms with Crippen molar-refractivity contribution in [2.45, 2.75) is 58.4 Å². The van der Waals surface area contributed by atoms with E-state index in [0.717, 1.165) is 36.2 Å². The highest BCUT2D eigenvalue weighted by Gasteiger charge is 2.34. The monoisotopic (exact) mass is 387 g/mol. The van der Waals surface area contributed by atoms with Crippen LogP contribution in [0.1, 0.15) is 59.4 Å². The number of aromatic nitrogens is 4. The van der Waals surface area contributed by atoms with Crippen LogP contribution in [0.15, 0.2) is 6.20 Å². The fourth-order valence-corrected chi connectivity index (χ4v) is 4.44. The molecule has 0 spiro atoms. The number of amides is 1. The topological polar surface area (TPSA) is 74.4 Å². The number of fused-ring (bicyclic) bond motifs is 2. The molecule has 0 radical (unpaired) electrons. The van der Waals surface area contributed by atoms with E-state index < -0.39 is 0 Å². The van der Waals surface area contributed by atoms with E-state index in [2.05, 4.69) is 5.10 Å². The summed E-state index contributed by atoms with van der Waals surface area (Å²) in [5, 5.41) is 9.09. The van der Waals surface area contributed by atoms with Gasteiger partial charge in [-0.15, -0.1) is 0 Å². The number of carbonyl (C=O) groups excluding carboxylic acids is 1. The molecule has 2 aromatic heterocycles. The second kappa shape index (κ2) is 7.67. The molecule has 0 saturated carbocycles. The predicted octanol–water partition coefficient (Wildman–Crippen LogP) is 1.87. The maximum Gasteiger partial charge on any atom is 0.274 e. The Hall–Kier alpha value is -2.19. The molecule has 2 aliphatic heterocycles. The van der Waals surface area contributed by atoms with Gasteiger partial charge in [-0.25, -0.2) is 0 Å². The molecule has 0 bridgehead atoms. The largest absolute Gasteiger partial charge is 0.383 e. The quantitative estimate of drug-likeness (QED) is 0.801. The summed E-state index contributed by atoms with van der Waals surface area (Å²) < 4.78 is 15.1. The Kier molecular flexibility index (Phi) is 5.25. The van der Waals surface area contributed by atoms with Crippen LogP contribution in [0.3, 0.4) is 0 Å². The molecule has 28 heavy (non-hydrogen) atoms. The lowest BCUT2D eigenvalue weighted by Crippen LogP contribution is -2.32. The van der Waals surface area contributed by atoms with Crippen LogP contribution in [0, 0.1) is 0 Å². The third-order valence-corrected chi connectivity index (χ3v) is 5.75. The highest BCUT2D eigenvalue weighted by atomic mass is 16.5. The van der Waals surface area contributed by atoms with E-state index in [1.54, 1.807) is 7.11 Å². The van der Waals surface area contributed by atoms with Crippen molar-refractivity contribution < 1.29 is 14.3 Å². The molecule has 8 heteroatoms. The number of aryl methyl sites for hydroxylation is 1. The maximum atomic E-state index is 13.5. The van der Waals surface area contributed by atoms with Crippen molar-refractivity contribution in [2.75, 3.05) is 20.3 Å². The van der Waals surface area contributed by atoms with Crippen molar-refractivity contribution in [2.24, 2.45) is 7.05 Å². The van der Waals surface area contributed by atoms with Crippen molar-refractivity contribution in [3.63, 3.8) is 0 Å². The second-order valence-electron chi connectivity index (χ2n) is 7.79. The third kappa shape index (κ3) is 3.35. The van der Waals surface area contributed by atoms with E-state index in [4.69, 9.17) is 14.6 Å². The van der Waals surface area contributed by atoms with Crippen LogP contribution in [-0.4, -0.2) is 56.7 Å². The zero-order chi connectivity index (χ0) is 19.8. The molecule has 152 valence electrons. The van der Waals surface area contributed by atoms with Gasteiger partial charge in [-0.1, -0.05) is 0 Å². The highest BCUT2D eigenvalue weighted by molar-refractivity contribution is 5.94. The van der Waals surface area contributed by atoms with Crippen LogP contribution < -0.4 is 0 Å². The molecule has 0 unspecified atom stereocenters. The van der Waals surface area contributed by atoms with E-state index in [-0.39, 0.29) is 18.1 Å². The third-order valence-electron chi connectivity index (χ3n) is 5.75. The first-order valence-corrected chi connectivity index (χ1v) is 10.0. The lowest BCUT2D eigenvalue weighted by molar-refractivity contribution is -0.0102. The molecular weight excluding hydrogens is 358 g/mol. The van der Waals surface area contributed by atoms with Crippen LogP contribution in [0.5, 0.6) is 0 Å². The molecule has 1 amide bonds. The minimum Gasteiger partial charge on any atom is -0.383 e. The zero-order valence-corrected chi connectivity index (χ0v) is 17.1. The summed E-state index contributed by atoms with van der Waals surface area (Å²) in [6.07, 6.45) is 4.45. The van der Waals surface area contributed by atoms with Gasteiger partial charge in [0, 0.05) is 50.5 Å². The zero-order valence-electron chi connectivity index (χ0n) is 17.1. The first-order valence-electron chi connectivity index (χ1n) is 10.0. The van der Waals surface area contributed by atoms with Crippen LogP contribution in [0.4, 0.5) is 0 Å².